The molecular weight excluding hydrogens is 344 g/mol. The van der Waals surface area contributed by atoms with Gasteiger partial charge in [-0.05, 0) is 55.5 Å². The van der Waals surface area contributed by atoms with Crippen molar-refractivity contribution in [1.29, 1.82) is 5.26 Å². The SMILES string of the molecule is Cc1cc(C)cc(OCC(=O)c2c(C)c(C#N)c(=O)n(CC(C)C)c2O)c1. The predicted molar refractivity (Wildman–Crippen MR) is 102 cm³/mol. The first-order valence-electron chi connectivity index (χ1n) is 8.76. The lowest BCUT2D eigenvalue weighted by molar-refractivity contribution is 0.0916. The Balaban J connectivity index is 2.43. The summed E-state index contributed by atoms with van der Waals surface area (Å²) in [5, 5.41) is 19.9. The van der Waals surface area contributed by atoms with Gasteiger partial charge in [-0.1, -0.05) is 19.9 Å². The highest BCUT2D eigenvalue weighted by Crippen LogP contribution is 2.24. The molecule has 0 aliphatic rings. The molecule has 2 rings (SSSR count). The Morgan fingerprint density at radius 3 is 2.33 bits per heavy atom. The molecule has 6 nitrogen and oxygen atoms in total. The molecule has 0 atom stereocenters. The Morgan fingerprint density at radius 2 is 1.81 bits per heavy atom. The van der Waals surface area contributed by atoms with Crippen molar-refractivity contribution in [3.05, 3.63) is 56.4 Å². The molecule has 27 heavy (non-hydrogen) atoms. The quantitative estimate of drug-likeness (QED) is 0.790. The molecule has 0 saturated carbocycles. The summed E-state index contributed by atoms with van der Waals surface area (Å²) in [6, 6.07) is 7.47. The van der Waals surface area contributed by atoms with Crippen LogP contribution in [0.5, 0.6) is 11.6 Å². The molecule has 0 spiro atoms. The van der Waals surface area contributed by atoms with E-state index in [9.17, 15) is 20.0 Å². The highest BCUT2D eigenvalue weighted by molar-refractivity contribution is 6.01. The number of nitrogens with zero attached hydrogens (tertiary/aromatic N) is 2. The van der Waals surface area contributed by atoms with Crippen molar-refractivity contribution in [1.82, 2.24) is 4.57 Å². The molecule has 0 aliphatic heterocycles. The molecule has 1 aromatic carbocycles. The molecule has 1 aromatic heterocycles. The van der Waals surface area contributed by atoms with E-state index in [1.54, 1.807) is 0 Å². The maximum atomic E-state index is 12.7. The number of ketones is 1. The van der Waals surface area contributed by atoms with E-state index in [0.717, 1.165) is 15.7 Å². The first-order valence-corrected chi connectivity index (χ1v) is 8.76. The van der Waals surface area contributed by atoms with Crippen LogP contribution in [0.15, 0.2) is 23.0 Å². The van der Waals surface area contributed by atoms with Gasteiger partial charge in [0.1, 0.15) is 17.4 Å². The van der Waals surface area contributed by atoms with Crippen LogP contribution in [-0.4, -0.2) is 22.1 Å². The molecule has 1 N–H and O–H groups in total. The third-order valence-electron chi connectivity index (χ3n) is 4.19. The topological polar surface area (TPSA) is 92.3 Å². The van der Waals surface area contributed by atoms with E-state index in [0.29, 0.717) is 5.75 Å². The van der Waals surface area contributed by atoms with Crippen LogP contribution in [0.4, 0.5) is 0 Å². The molecule has 0 bridgehead atoms. The summed E-state index contributed by atoms with van der Waals surface area (Å²) in [6.45, 7) is 9.01. The summed E-state index contributed by atoms with van der Waals surface area (Å²) in [5.41, 5.74) is 1.42. The summed E-state index contributed by atoms with van der Waals surface area (Å²) in [4.78, 5) is 25.2. The van der Waals surface area contributed by atoms with Gasteiger partial charge in [-0.3, -0.25) is 14.2 Å². The number of pyridine rings is 1. The minimum absolute atomic E-state index is 0.0452. The highest BCUT2D eigenvalue weighted by Gasteiger charge is 2.24. The monoisotopic (exact) mass is 368 g/mol. The van der Waals surface area contributed by atoms with Crippen LogP contribution >= 0.6 is 0 Å². The smallest absolute Gasteiger partial charge is 0.271 e. The predicted octanol–water partition coefficient (Wildman–Crippen LogP) is 3.27. The first-order chi connectivity index (χ1) is 12.6. The number of nitriles is 1. The van der Waals surface area contributed by atoms with Crippen molar-refractivity contribution in [2.45, 2.75) is 41.2 Å². The van der Waals surface area contributed by atoms with Crippen molar-refractivity contribution in [3.63, 3.8) is 0 Å². The molecule has 0 unspecified atom stereocenters. The van der Waals surface area contributed by atoms with E-state index < -0.39 is 17.2 Å². The fraction of sp³-hybridized carbons (Fsp3) is 0.381. The number of aromatic hydroxyl groups is 1. The molecule has 0 aliphatic carbocycles. The van der Waals surface area contributed by atoms with Gasteiger partial charge in [0.2, 0.25) is 11.7 Å². The van der Waals surface area contributed by atoms with Crippen LogP contribution in [0, 0.1) is 38.0 Å². The van der Waals surface area contributed by atoms with Gasteiger partial charge in [0.15, 0.2) is 6.61 Å². The van der Waals surface area contributed by atoms with E-state index in [4.69, 9.17) is 4.74 Å². The molecule has 142 valence electrons. The Hall–Kier alpha value is -3.07. The van der Waals surface area contributed by atoms with Crippen LogP contribution in [0.2, 0.25) is 0 Å². The lowest BCUT2D eigenvalue weighted by Crippen LogP contribution is -2.29. The Bertz CT molecular complexity index is 961. The molecule has 0 amide bonds. The van der Waals surface area contributed by atoms with Crippen LogP contribution in [0.3, 0.4) is 0 Å². The average Bonchev–Trinajstić information content (AvgIpc) is 2.56. The summed E-state index contributed by atoms with van der Waals surface area (Å²) < 4.78 is 6.67. The number of carbonyl (C=O) groups excluding carboxylic acids is 1. The number of hydrogen-bond acceptors (Lipinski definition) is 5. The van der Waals surface area contributed by atoms with Gasteiger partial charge in [0.05, 0.1) is 5.56 Å². The third-order valence-corrected chi connectivity index (χ3v) is 4.19. The first kappa shape index (κ1) is 20.2. The lowest BCUT2D eigenvalue weighted by atomic mass is 10.0. The number of rotatable bonds is 6. The number of hydrogen-bond donors (Lipinski definition) is 1. The zero-order valence-electron chi connectivity index (χ0n) is 16.3. The molecule has 0 radical (unpaired) electrons. The zero-order chi connectivity index (χ0) is 20.3. The van der Waals surface area contributed by atoms with Crippen LogP contribution < -0.4 is 10.3 Å². The van der Waals surface area contributed by atoms with Gasteiger partial charge in [-0.25, -0.2) is 0 Å². The minimum atomic E-state index is -0.590. The van der Waals surface area contributed by atoms with E-state index in [1.165, 1.54) is 6.92 Å². The fourth-order valence-corrected chi connectivity index (χ4v) is 3.06. The van der Waals surface area contributed by atoms with E-state index in [-0.39, 0.29) is 35.8 Å². The van der Waals surface area contributed by atoms with Crippen molar-refractivity contribution in [2.24, 2.45) is 5.92 Å². The Kier molecular flexibility index (Phi) is 6.06. The minimum Gasteiger partial charge on any atom is -0.494 e. The number of aromatic nitrogens is 1. The second-order valence-electron chi connectivity index (χ2n) is 7.16. The van der Waals surface area contributed by atoms with Crippen molar-refractivity contribution >= 4 is 5.78 Å². The van der Waals surface area contributed by atoms with E-state index in [2.05, 4.69) is 0 Å². The number of carbonyl (C=O) groups is 1. The van der Waals surface area contributed by atoms with Gasteiger partial charge in [0, 0.05) is 6.54 Å². The zero-order valence-corrected chi connectivity index (χ0v) is 16.3. The van der Waals surface area contributed by atoms with Crippen LogP contribution in [-0.2, 0) is 6.54 Å². The average molecular weight is 368 g/mol. The number of ether oxygens (including phenoxy) is 1. The van der Waals surface area contributed by atoms with Gasteiger partial charge >= 0.3 is 0 Å². The molecular formula is C21H24N2O4. The van der Waals surface area contributed by atoms with Crippen molar-refractivity contribution in [2.75, 3.05) is 6.61 Å². The second kappa shape index (κ2) is 8.09. The molecule has 1 heterocycles. The van der Waals surface area contributed by atoms with Gasteiger partial charge in [0.25, 0.3) is 5.56 Å². The molecule has 2 aromatic rings. The van der Waals surface area contributed by atoms with Crippen molar-refractivity contribution in [3.8, 4) is 17.7 Å². The number of benzene rings is 1. The number of aryl methyl sites for hydroxylation is 2. The van der Waals surface area contributed by atoms with Gasteiger partial charge < -0.3 is 9.84 Å². The highest BCUT2D eigenvalue weighted by atomic mass is 16.5. The molecule has 0 saturated heterocycles. The standard InChI is InChI=1S/C21H24N2O4/c1-12(2)10-23-20(25)17(9-22)15(5)19(21(23)26)18(24)11-27-16-7-13(3)6-14(4)8-16/h6-8,12,26H,10-11H2,1-5H3. The van der Waals surface area contributed by atoms with Crippen molar-refractivity contribution < 1.29 is 14.6 Å². The summed E-state index contributed by atoms with van der Waals surface area (Å²) >= 11 is 0. The Morgan fingerprint density at radius 1 is 1.22 bits per heavy atom. The molecule has 0 fully saturated rings. The normalized spacial score (nSPS) is 10.7. The summed E-state index contributed by atoms with van der Waals surface area (Å²) in [7, 11) is 0. The van der Waals surface area contributed by atoms with Crippen LogP contribution in [0.1, 0.15) is 46.5 Å². The lowest BCUT2D eigenvalue weighted by Gasteiger charge is -2.17. The maximum Gasteiger partial charge on any atom is 0.271 e. The summed E-state index contributed by atoms with van der Waals surface area (Å²) in [5.74, 6) is -0.302. The molecule has 6 heteroatoms. The fourth-order valence-electron chi connectivity index (χ4n) is 3.06. The van der Waals surface area contributed by atoms with Crippen LogP contribution in [0.25, 0.3) is 0 Å². The Labute approximate surface area is 158 Å². The van der Waals surface area contributed by atoms with E-state index >= 15 is 0 Å². The number of Topliss-reactive ketones (excluding diaryl/α,β-unsaturated/α-hetero) is 1. The summed E-state index contributed by atoms with van der Waals surface area (Å²) in [6.07, 6.45) is 0. The second-order valence-corrected chi connectivity index (χ2v) is 7.16. The van der Waals surface area contributed by atoms with Gasteiger partial charge in [-0.15, -0.1) is 0 Å². The maximum absolute atomic E-state index is 12.7. The van der Waals surface area contributed by atoms with Gasteiger partial charge in [-0.2, -0.15) is 5.26 Å². The third kappa shape index (κ3) is 4.37. The van der Waals surface area contributed by atoms with E-state index in [1.807, 2.05) is 52.0 Å². The largest absolute Gasteiger partial charge is 0.494 e.